The second kappa shape index (κ2) is 4.05. The summed E-state index contributed by atoms with van der Waals surface area (Å²) in [5.74, 6) is 0. The molecule has 2 saturated heterocycles. The molecule has 2 bridgehead atoms. The highest BCUT2D eigenvalue weighted by atomic mass is 31.2. The molecule has 2 unspecified atom stereocenters. The van der Waals surface area contributed by atoms with Crippen LogP contribution in [0, 0.1) is 0 Å². The van der Waals surface area contributed by atoms with Crippen molar-refractivity contribution in [1.82, 2.24) is 0 Å². The summed E-state index contributed by atoms with van der Waals surface area (Å²) in [6, 6.07) is 0. The summed E-state index contributed by atoms with van der Waals surface area (Å²) >= 11 is 0. The zero-order valence-corrected chi connectivity index (χ0v) is 10.5. The van der Waals surface area contributed by atoms with Crippen LogP contribution in [0.4, 0.5) is 0 Å². The van der Waals surface area contributed by atoms with Crippen LogP contribution in [0.3, 0.4) is 0 Å². The molecule has 0 aromatic carbocycles. The van der Waals surface area contributed by atoms with E-state index in [1.54, 1.807) is 7.11 Å². The van der Waals surface area contributed by atoms with Crippen molar-refractivity contribution in [3.8, 4) is 0 Å². The first-order valence-electron chi connectivity index (χ1n) is 5.15. The van der Waals surface area contributed by atoms with E-state index in [9.17, 15) is 9.46 Å². The van der Waals surface area contributed by atoms with Gasteiger partial charge >= 0.3 is 7.60 Å². The highest BCUT2D eigenvalue weighted by molar-refractivity contribution is 7.51. The summed E-state index contributed by atoms with van der Waals surface area (Å²) in [6.07, 6.45) is -0.987. The number of methoxy groups -OCH3 is 1. The van der Waals surface area contributed by atoms with Crippen LogP contribution < -0.4 is 0 Å². The molecular weight excluding hydrogens is 235 g/mol. The van der Waals surface area contributed by atoms with Crippen molar-refractivity contribution in [2.24, 2.45) is 0 Å². The minimum Gasteiger partial charge on any atom is -0.381 e. The fourth-order valence-corrected chi connectivity index (χ4v) is 3.13. The molecule has 94 valence electrons. The second-order valence-corrected chi connectivity index (χ2v) is 6.24. The van der Waals surface area contributed by atoms with Gasteiger partial charge in [-0.15, -0.1) is 0 Å². The molecule has 16 heavy (non-hydrogen) atoms. The lowest BCUT2D eigenvalue weighted by atomic mass is 10.00. The van der Waals surface area contributed by atoms with Crippen LogP contribution in [-0.2, 0) is 23.3 Å². The van der Waals surface area contributed by atoms with Crippen molar-refractivity contribution in [3.05, 3.63) is 0 Å². The van der Waals surface area contributed by atoms with Gasteiger partial charge in [0.05, 0.1) is 19.3 Å². The van der Waals surface area contributed by atoms with E-state index in [0.717, 1.165) is 6.66 Å². The molecule has 2 aliphatic heterocycles. The van der Waals surface area contributed by atoms with E-state index in [2.05, 4.69) is 0 Å². The normalized spacial score (nSPS) is 45.9. The smallest absolute Gasteiger partial charge is 0.325 e. The van der Waals surface area contributed by atoms with Gasteiger partial charge in [0, 0.05) is 13.8 Å². The van der Waals surface area contributed by atoms with Gasteiger partial charge in [-0.05, 0) is 6.92 Å². The Bertz CT molecular complexity index is 315. The Balaban J connectivity index is 2.19. The van der Waals surface area contributed by atoms with Gasteiger partial charge in [0.25, 0.3) is 0 Å². The van der Waals surface area contributed by atoms with Crippen molar-refractivity contribution in [2.45, 2.75) is 30.8 Å². The van der Waals surface area contributed by atoms with E-state index in [4.69, 9.17) is 18.7 Å². The van der Waals surface area contributed by atoms with Crippen LogP contribution in [-0.4, -0.2) is 55.8 Å². The molecule has 2 rings (SSSR count). The lowest BCUT2D eigenvalue weighted by Crippen LogP contribution is -2.45. The van der Waals surface area contributed by atoms with Gasteiger partial charge in [0.15, 0.2) is 0 Å². The fraction of sp³-hybridized carbons (Fsp3) is 1.00. The first-order chi connectivity index (χ1) is 7.38. The van der Waals surface area contributed by atoms with Crippen molar-refractivity contribution in [1.29, 1.82) is 0 Å². The minimum atomic E-state index is -3.56. The Morgan fingerprint density at radius 2 is 2.31 bits per heavy atom. The van der Waals surface area contributed by atoms with Crippen LogP contribution in [0.25, 0.3) is 0 Å². The first kappa shape index (κ1) is 12.5. The largest absolute Gasteiger partial charge is 0.381 e. The lowest BCUT2D eigenvalue weighted by molar-refractivity contribution is -0.158. The van der Waals surface area contributed by atoms with Gasteiger partial charge in [0.2, 0.25) is 0 Å². The SMILES string of the molecule is COC[C@]12COC([C@H](C)O1)[C@@H]2OP(C)(=O)O. The summed E-state index contributed by atoms with van der Waals surface area (Å²) < 4.78 is 32.9. The second-order valence-electron chi connectivity index (χ2n) is 4.43. The molecule has 0 aliphatic carbocycles. The van der Waals surface area contributed by atoms with E-state index in [1.165, 1.54) is 0 Å². The summed E-state index contributed by atoms with van der Waals surface area (Å²) in [5, 5.41) is 0. The van der Waals surface area contributed by atoms with E-state index in [1.807, 2.05) is 6.92 Å². The van der Waals surface area contributed by atoms with Crippen LogP contribution >= 0.6 is 7.60 Å². The van der Waals surface area contributed by atoms with Crippen molar-refractivity contribution < 1.29 is 28.2 Å². The van der Waals surface area contributed by atoms with Gasteiger partial charge in [-0.2, -0.15) is 0 Å². The third-order valence-corrected chi connectivity index (χ3v) is 3.54. The standard InChI is InChI=1S/C9H17O6P/c1-6-7-8(15-16(3,10)11)9(14-6,4-12-2)5-13-7/h6-8H,4-5H2,1-3H3,(H,10,11)/t6-,7?,8-,9+/m0/s1. The monoisotopic (exact) mass is 252 g/mol. The summed E-state index contributed by atoms with van der Waals surface area (Å²) in [7, 11) is -2.01. The first-order valence-corrected chi connectivity index (χ1v) is 7.17. The average molecular weight is 252 g/mol. The average Bonchev–Trinajstić information content (AvgIpc) is 2.54. The Morgan fingerprint density at radius 3 is 2.81 bits per heavy atom. The molecule has 0 saturated carbocycles. The lowest BCUT2D eigenvalue weighted by Gasteiger charge is -2.29. The predicted octanol–water partition coefficient (Wildman–Crippen LogP) is 0.389. The quantitative estimate of drug-likeness (QED) is 0.729. The maximum Gasteiger partial charge on any atom is 0.325 e. The minimum absolute atomic E-state index is 0.152. The number of ether oxygens (including phenoxy) is 3. The van der Waals surface area contributed by atoms with Crippen LogP contribution in [0.1, 0.15) is 6.92 Å². The molecule has 0 spiro atoms. The summed E-state index contributed by atoms with van der Waals surface area (Å²) in [5.41, 5.74) is -0.743. The molecule has 0 aromatic heterocycles. The zero-order chi connectivity index (χ0) is 12.0. The maximum absolute atomic E-state index is 11.3. The third kappa shape index (κ3) is 2.06. The van der Waals surface area contributed by atoms with Crippen LogP contribution in [0.2, 0.25) is 0 Å². The van der Waals surface area contributed by atoms with Crippen LogP contribution in [0.5, 0.6) is 0 Å². The van der Waals surface area contributed by atoms with Gasteiger partial charge in [-0.25, -0.2) is 0 Å². The van der Waals surface area contributed by atoms with E-state index in [-0.39, 0.29) is 12.2 Å². The molecule has 0 radical (unpaired) electrons. The molecular formula is C9H17O6P. The summed E-state index contributed by atoms with van der Waals surface area (Å²) in [6.45, 7) is 3.64. The highest BCUT2D eigenvalue weighted by Crippen LogP contribution is 2.49. The number of hydrogen-bond donors (Lipinski definition) is 1. The topological polar surface area (TPSA) is 74.2 Å². The Morgan fingerprint density at radius 1 is 1.62 bits per heavy atom. The predicted molar refractivity (Wildman–Crippen MR) is 55.5 cm³/mol. The maximum atomic E-state index is 11.3. The molecule has 5 atom stereocenters. The molecule has 2 fully saturated rings. The molecule has 6 nitrogen and oxygen atoms in total. The van der Waals surface area contributed by atoms with E-state index in [0.29, 0.717) is 13.2 Å². The number of rotatable bonds is 4. The van der Waals surface area contributed by atoms with Crippen LogP contribution in [0.15, 0.2) is 0 Å². The third-order valence-electron chi connectivity index (χ3n) is 2.92. The van der Waals surface area contributed by atoms with Gasteiger partial charge < -0.3 is 19.1 Å². The fourth-order valence-electron chi connectivity index (χ4n) is 2.40. The summed E-state index contributed by atoms with van der Waals surface area (Å²) in [4.78, 5) is 9.29. The highest BCUT2D eigenvalue weighted by Gasteiger charge is 2.62. The van der Waals surface area contributed by atoms with Crippen molar-refractivity contribution >= 4 is 7.60 Å². The Kier molecular flexibility index (Phi) is 3.16. The molecule has 0 aromatic rings. The van der Waals surface area contributed by atoms with Gasteiger partial charge in [-0.3, -0.25) is 9.09 Å². The van der Waals surface area contributed by atoms with E-state index < -0.39 is 19.3 Å². The number of fused-ring (bicyclic) bond motifs is 2. The molecule has 2 aliphatic rings. The Hall–Kier alpha value is 0.0300. The zero-order valence-electron chi connectivity index (χ0n) is 9.58. The molecule has 0 amide bonds. The van der Waals surface area contributed by atoms with E-state index >= 15 is 0 Å². The van der Waals surface area contributed by atoms with Crippen molar-refractivity contribution in [3.63, 3.8) is 0 Å². The Labute approximate surface area is 94.4 Å². The molecule has 1 N–H and O–H groups in total. The number of hydrogen-bond acceptors (Lipinski definition) is 5. The van der Waals surface area contributed by atoms with Gasteiger partial charge in [-0.1, -0.05) is 0 Å². The van der Waals surface area contributed by atoms with Gasteiger partial charge in [0.1, 0.15) is 17.8 Å². The molecule has 7 heteroatoms. The molecule has 2 heterocycles. The van der Waals surface area contributed by atoms with Crippen molar-refractivity contribution in [2.75, 3.05) is 27.0 Å².